The van der Waals surface area contributed by atoms with Crippen LogP contribution in [0.2, 0.25) is 0 Å². The maximum Gasteiger partial charge on any atom is 0.305 e. The average Bonchev–Trinajstić information content (AvgIpc) is 3.03. The molecule has 0 aliphatic heterocycles. The molecule has 172 valence electrons. The summed E-state index contributed by atoms with van der Waals surface area (Å²) in [7, 11) is 0. The maximum atomic E-state index is 12.7. The van der Waals surface area contributed by atoms with E-state index in [2.05, 4.69) is 9.47 Å². The number of rotatable bonds is 20. The highest BCUT2D eigenvalue weighted by Crippen LogP contribution is 2.15. The highest BCUT2D eigenvalue weighted by atomic mass is 16.5. The molecule has 0 bridgehead atoms. The molecule has 4 nitrogen and oxygen atoms in total. The Morgan fingerprint density at radius 3 is 1.62 bits per heavy atom. The van der Waals surface area contributed by atoms with Crippen LogP contribution in [-0.2, 0) is 19.1 Å². The van der Waals surface area contributed by atoms with E-state index in [1.165, 1.54) is 0 Å². The molecule has 0 aliphatic carbocycles. The van der Waals surface area contributed by atoms with Gasteiger partial charge in [0.2, 0.25) is 0 Å². The van der Waals surface area contributed by atoms with E-state index in [0.717, 1.165) is 0 Å². The fourth-order valence-electron chi connectivity index (χ4n) is 1.74. The molecule has 0 rings (SSSR count). The number of carbonyl (C=O) groups excluding carboxylic acids is 2. The van der Waals surface area contributed by atoms with Gasteiger partial charge in [-0.1, -0.05) is 84.9 Å². The number of hydrogen-bond acceptors (Lipinski definition) is 4. The lowest BCUT2D eigenvalue weighted by Gasteiger charge is -2.14. The molecule has 2 atom stereocenters. The van der Waals surface area contributed by atoms with E-state index in [9.17, 15) is 9.59 Å². The number of ether oxygens (including phenoxy) is 2. The lowest BCUT2D eigenvalue weighted by molar-refractivity contribution is -0.146. The van der Waals surface area contributed by atoms with Crippen LogP contribution in [0.15, 0.2) is 0 Å². The van der Waals surface area contributed by atoms with Crippen LogP contribution in [-0.4, -0.2) is 25.1 Å². The first kappa shape index (κ1) is 5.46. The average molecular weight is 447 g/mol. The second kappa shape index (κ2) is 20.2. The second-order valence-electron chi connectivity index (χ2n) is 5.17. The van der Waals surface area contributed by atoms with Crippen LogP contribution in [0.25, 0.3) is 0 Å². The fourth-order valence-corrected chi connectivity index (χ4v) is 1.74. The third kappa shape index (κ3) is 17.5. The van der Waals surface area contributed by atoms with E-state index >= 15 is 0 Å². The molecular formula is C25H48O4. The maximum absolute atomic E-state index is 12.7. The summed E-state index contributed by atoms with van der Waals surface area (Å²) in [6.07, 6.45) is -38.8. The molecule has 2 unspecified atom stereocenters. The SMILES string of the molecule is [2H]C([2H])([2H])C([2H])([2H])C([2H])([2H])C([2H])([2H])C([2H])(C([2H])([2H])OC(=O)CCCCCCCC(=O)OC([2H])([2H])C([2H])(C([2H])([2H])C([2H])([2H])[2H])C([2H])([2H])C([2H])([2H])C([2H])([2H])C([2H])([2H])[2H])C([2H])([2H])C([2H])([2H])[2H]. The fraction of sp³-hybridized carbons (Fsp3) is 0.920. The van der Waals surface area contributed by atoms with Crippen LogP contribution in [0.3, 0.4) is 0 Å². The minimum atomic E-state index is -4.77. The Bertz CT molecular complexity index is 1490. The van der Waals surface area contributed by atoms with Gasteiger partial charge in [0, 0.05) is 54.0 Å². The Morgan fingerprint density at radius 2 is 1.21 bits per heavy atom. The zero-order valence-electron chi connectivity index (χ0n) is 49.6. The summed E-state index contributed by atoms with van der Waals surface area (Å²) in [4.78, 5) is 25.4. The number of carbonyl (C=O) groups is 2. The van der Waals surface area contributed by atoms with Crippen molar-refractivity contribution in [3.63, 3.8) is 0 Å². The Morgan fingerprint density at radius 1 is 0.759 bits per heavy atom. The summed E-state index contributed by atoms with van der Waals surface area (Å²) < 4.78 is 277. The van der Waals surface area contributed by atoms with Gasteiger partial charge in [-0.15, -0.1) is 0 Å². The third-order valence-electron chi connectivity index (χ3n) is 3.05. The smallest absolute Gasteiger partial charge is 0.305 e. The van der Waals surface area contributed by atoms with Crippen molar-refractivity contribution >= 4 is 11.9 Å². The van der Waals surface area contributed by atoms with Gasteiger partial charge in [-0.05, 0) is 37.4 Å². The van der Waals surface area contributed by atoms with Gasteiger partial charge >= 0.3 is 11.9 Å². The zero-order valence-corrected chi connectivity index (χ0v) is 15.6. The predicted molar refractivity (Wildman–Crippen MR) is 121 cm³/mol. The highest BCUT2D eigenvalue weighted by Gasteiger charge is 2.11. The molecule has 0 aromatic heterocycles. The molecule has 0 radical (unpaired) electrons. The summed E-state index contributed by atoms with van der Waals surface area (Å²) in [6, 6.07) is 0. The van der Waals surface area contributed by atoms with Gasteiger partial charge in [-0.3, -0.25) is 9.59 Å². The molecule has 4 heteroatoms. The van der Waals surface area contributed by atoms with Gasteiger partial charge in [0.1, 0.15) is 0 Å². The highest BCUT2D eigenvalue weighted by molar-refractivity contribution is 5.69. The largest absolute Gasteiger partial charge is 0.465 e. The summed E-state index contributed by atoms with van der Waals surface area (Å²) in [5, 5.41) is 0. The molecule has 0 saturated heterocycles. The normalized spacial score (nSPS) is 39.3. The molecule has 0 heterocycles. The Kier molecular flexibility index (Phi) is 3.81. The van der Waals surface area contributed by atoms with Crippen molar-refractivity contribution in [2.45, 2.75) is 123 Å². The van der Waals surface area contributed by atoms with Gasteiger partial charge < -0.3 is 9.47 Å². The van der Waals surface area contributed by atoms with E-state index < -0.39 is 128 Å². The van der Waals surface area contributed by atoms with Crippen molar-refractivity contribution in [1.29, 1.82) is 0 Å². The van der Waals surface area contributed by atoms with Gasteiger partial charge in [0.05, 0.1) is 18.6 Å². The van der Waals surface area contributed by atoms with Crippen LogP contribution in [0.1, 0.15) is 170 Å². The topological polar surface area (TPSA) is 52.6 Å². The van der Waals surface area contributed by atoms with Crippen LogP contribution in [0.4, 0.5) is 0 Å². The van der Waals surface area contributed by atoms with Gasteiger partial charge in [0.25, 0.3) is 0 Å². The van der Waals surface area contributed by atoms with Crippen molar-refractivity contribution in [1.82, 2.24) is 0 Å². The summed E-state index contributed by atoms with van der Waals surface area (Å²) in [5.41, 5.74) is 0. The molecule has 0 fully saturated rings. The molecular weight excluding hydrogens is 364 g/mol. The van der Waals surface area contributed by atoms with Crippen LogP contribution in [0, 0.1) is 11.8 Å². The van der Waals surface area contributed by atoms with Crippen molar-refractivity contribution in [3.8, 4) is 0 Å². The lowest BCUT2D eigenvalue weighted by atomic mass is 10.0. The van der Waals surface area contributed by atoms with Crippen molar-refractivity contribution in [2.24, 2.45) is 11.8 Å². The minimum Gasteiger partial charge on any atom is -0.465 e. The van der Waals surface area contributed by atoms with Gasteiger partial charge in [-0.2, -0.15) is 0 Å². The third-order valence-corrected chi connectivity index (χ3v) is 3.05. The molecule has 0 saturated carbocycles. The van der Waals surface area contributed by atoms with E-state index in [1.807, 2.05) is 0 Å². The van der Waals surface area contributed by atoms with E-state index in [-0.39, 0.29) is 32.1 Å². The lowest BCUT2D eigenvalue weighted by Crippen LogP contribution is -2.14. The van der Waals surface area contributed by atoms with Gasteiger partial charge in [-0.25, -0.2) is 0 Å². The Balaban J connectivity index is 6.19. The Hall–Kier alpha value is -1.06. The van der Waals surface area contributed by atoms with E-state index in [1.54, 1.807) is 0 Å². The number of hydrogen-bond donors (Lipinski definition) is 0. The first-order valence-corrected chi connectivity index (χ1v) is 8.43. The first-order valence-electron chi connectivity index (χ1n) is 25.4. The van der Waals surface area contributed by atoms with Gasteiger partial charge in [0.15, 0.2) is 0 Å². The quantitative estimate of drug-likeness (QED) is 0.146. The molecule has 0 aromatic rings. The van der Waals surface area contributed by atoms with Crippen molar-refractivity contribution < 1.29 is 65.7 Å². The number of unbranched alkanes of at least 4 members (excludes halogenated alkanes) is 4. The summed E-state index contributed by atoms with van der Waals surface area (Å²) in [6.45, 7) is -25.5. The van der Waals surface area contributed by atoms with Crippen LogP contribution < -0.4 is 0 Å². The second-order valence-corrected chi connectivity index (χ2v) is 5.17. The molecule has 0 spiro atoms. The molecule has 0 amide bonds. The summed E-state index contributed by atoms with van der Waals surface area (Å²) in [5.74, 6) is -12.9. The predicted octanol–water partition coefficient (Wildman–Crippen LogP) is 7.24. The monoisotopic (exact) mass is 447 g/mol. The van der Waals surface area contributed by atoms with Crippen LogP contribution >= 0.6 is 0 Å². The molecule has 29 heavy (non-hydrogen) atoms. The minimum absolute atomic E-state index is 0.0221. The van der Waals surface area contributed by atoms with E-state index in [0.29, 0.717) is 0 Å². The van der Waals surface area contributed by atoms with Crippen LogP contribution in [0.5, 0.6) is 0 Å². The molecule has 0 N–H and O–H groups in total. The zero-order chi connectivity index (χ0) is 51.5. The standard InChI is InChI=1S/C25H48O4/c1-5-9-16-22(7-3)20-28-24(26)18-14-12-11-13-15-19-25(27)29-21-23(8-4)17-10-6-2/h22-23H,5-21H2,1-4H3/i1D3,2D3,3D3,4D3,5D2,6D2,7D2,8D2,9D2,10D2,16D2,17D2,20D2,21D2,22D,23D. The first-order chi connectivity index (χ1) is 27.0. The Labute approximate surface area is 228 Å². The molecule has 0 aromatic carbocycles. The summed E-state index contributed by atoms with van der Waals surface area (Å²) >= 11 is 0. The van der Waals surface area contributed by atoms with Crippen molar-refractivity contribution in [2.75, 3.05) is 13.1 Å². The molecule has 0 aliphatic rings. The number of esters is 2. The van der Waals surface area contributed by atoms with Crippen molar-refractivity contribution in [3.05, 3.63) is 0 Å². The van der Waals surface area contributed by atoms with E-state index in [4.69, 9.17) is 46.6 Å².